The van der Waals surface area contributed by atoms with Gasteiger partial charge >= 0.3 is 0 Å². The average molecular weight is 421 g/mol. The highest BCUT2D eigenvalue weighted by atomic mass is 16.5. The van der Waals surface area contributed by atoms with Crippen LogP contribution in [0.3, 0.4) is 0 Å². The lowest BCUT2D eigenvalue weighted by molar-refractivity contribution is -0.125. The van der Waals surface area contributed by atoms with Gasteiger partial charge < -0.3 is 10.1 Å². The molecule has 31 heavy (non-hydrogen) atoms. The van der Waals surface area contributed by atoms with Crippen molar-refractivity contribution in [3.8, 4) is 16.9 Å². The number of unbranched alkanes of at least 4 members (excludes halogenated alkanes) is 2. The highest BCUT2D eigenvalue weighted by molar-refractivity contribution is 5.83. The van der Waals surface area contributed by atoms with E-state index in [1.54, 1.807) is 4.52 Å². The van der Waals surface area contributed by atoms with Crippen LogP contribution in [0.25, 0.3) is 16.8 Å². The molecule has 0 fully saturated rings. The zero-order valence-corrected chi connectivity index (χ0v) is 18.5. The fourth-order valence-electron chi connectivity index (χ4n) is 4.16. The number of Topliss-reactive ketones (excluding diaryl/α,β-unsaturated/α-hetero) is 1. The van der Waals surface area contributed by atoms with Gasteiger partial charge in [-0.1, -0.05) is 51.7 Å². The number of carbonyl (C=O) groups excluding carboxylic acids is 1. The fourth-order valence-corrected chi connectivity index (χ4v) is 4.16. The van der Waals surface area contributed by atoms with Gasteiger partial charge in [0.1, 0.15) is 18.2 Å². The Morgan fingerprint density at radius 1 is 1.23 bits per heavy atom. The van der Waals surface area contributed by atoms with Gasteiger partial charge in [0.05, 0.1) is 6.20 Å². The number of ketones is 1. The van der Waals surface area contributed by atoms with Crippen molar-refractivity contribution in [1.82, 2.24) is 14.6 Å². The molecule has 0 saturated heterocycles. The van der Waals surface area contributed by atoms with Crippen molar-refractivity contribution in [3.05, 3.63) is 42.7 Å². The Morgan fingerprint density at radius 3 is 3.00 bits per heavy atom. The van der Waals surface area contributed by atoms with Crippen LogP contribution in [-0.2, 0) is 4.79 Å². The van der Waals surface area contributed by atoms with E-state index in [9.17, 15) is 4.79 Å². The zero-order valence-electron chi connectivity index (χ0n) is 18.5. The maximum atomic E-state index is 13.0. The van der Waals surface area contributed by atoms with Crippen LogP contribution in [0.1, 0.15) is 52.4 Å². The van der Waals surface area contributed by atoms with Gasteiger partial charge in [0.2, 0.25) is 0 Å². The second kappa shape index (κ2) is 9.94. The van der Waals surface area contributed by atoms with E-state index >= 15 is 0 Å². The molecule has 4 bridgehead atoms. The second-order valence-corrected chi connectivity index (χ2v) is 8.87. The number of fused-ring (bicyclic) bond motifs is 4. The molecular weight excluding hydrogens is 388 g/mol. The Balaban J connectivity index is 1.52. The predicted molar refractivity (Wildman–Crippen MR) is 123 cm³/mol. The number of benzene rings is 1. The van der Waals surface area contributed by atoms with Crippen molar-refractivity contribution in [2.75, 3.05) is 18.5 Å². The van der Waals surface area contributed by atoms with E-state index in [4.69, 9.17) is 9.72 Å². The monoisotopic (exact) mass is 420 g/mol. The summed E-state index contributed by atoms with van der Waals surface area (Å²) < 4.78 is 7.68. The highest BCUT2D eigenvalue weighted by Crippen LogP contribution is 2.28. The molecule has 3 heterocycles. The molecule has 6 heteroatoms. The summed E-state index contributed by atoms with van der Waals surface area (Å²) in [7, 11) is 0. The molecular formula is C25H32N4O2. The Bertz CT molecular complexity index is 1030. The van der Waals surface area contributed by atoms with Crippen LogP contribution in [0.15, 0.2) is 42.7 Å². The molecule has 0 saturated carbocycles. The van der Waals surface area contributed by atoms with Crippen molar-refractivity contribution < 1.29 is 9.53 Å². The van der Waals surface area contributed by atoms with Crippen molar-refractivity contribution in [2.45, 2.75) is 52.4 Å². The Kier molecular flexibility index (Phi) is 6.85. The summed E-state index contributed by atoms with van der Waals surface area (Å²) in [5.41, 5.74) is 2.72. The Morgan fingerprint density at radius 2 is 2.13 bits per heavy atom. The van der Waals surface area contributed by atoms with Crippen molar-refractivity contribution in [1.29, 1.82) is 0 Å². The number of aromatic nitrogens is 3. The zero-order chi connectivity index (χ0) is 21.6. The summed E-state index contributed by atoms with van der Waals surface area (Å²) in [6.07, 6.45) is 10.2. The molecule has 3 aromatic rings. The maximum Gasteiger partial charge on any atom is 0.173 e. The molecule has 4 rings (SSSR count). The van der Waals surface area contributed by atoms with E-state index in [2.05, 4.69) is 24.3 Å². The van der Waals surface area contributed by atoms with Crippen LogP contribution >= 0.6 is 0 Å². The molecule has 6 nitrogen and oxygen atoms in total. The van der Waals surface area contributed by atoms with Crippen LogP contribution in [0.5, 0.6) is 5.75 Å². The summed E-state index contributed by atoms with van der Waals surface area (Å²) >= 11 is 0. The highest BCUT2D eigenvalue weighted by Gasteiger charge is 2.20. The minimum absolute atomic E-state index is 0.00642. The van der Waals surface area contributed by atoms with Gasteiger partial charge in [-0.25, -0.2) is 9.50 Å². The predicted octanol–water partition coefficient (Wildman–Crippen LogP) is 5.38. The molecule has 1 aliphatic heterocycles. The lowest BCUT2D eigenvalue weighted by Gasteiger charge is -2.18. The molecule has 1 aromatic carbocycles. The Hall–Kier alpha value is -2.89. The third-order valence-corrected chi connectivity index (χ3v) is 5.98. The molecule has 1 aliphatic rings. The van der Waals surface area contributed by atoms with Crippen molar-refractivity contribution >= 4 is 17.2 Å². The molecule has 1 N–H and O–H groups in total. The normalized spacial score (nSPS) is 16.9. The summed E-state index contributed by atoms with van der Waals surface area (Å²) in [5.74, 6) is 2.44. The first kappa shape index (κ1) is 21.3. The number of nitrogens with one attached hydrogen (secondary N) is 1. The van der Waals surface area contributed by atoms with E-state index in [1.165, 1.54) is 19.3 Å². The van der Waals surface area contributed by atoms with Gasteiger partial charge in [0.15, 0.2) is 11.4 Å². The number of hydrogen-bond acceptors (Lipinski definition) is 5. The van der Waals surface area contributed by atoms with Crippen molar-refractivity contribution in [3.63, 3.8) is 0 Å². The SMILES string of the molecule is CC(C)CCCCCC1CCNc2ccn3ncc(c3n2)-c2cccc(c2)OCC1=O. The summed E-state index contributed by atoms with van der Waals surface area (Å²) in [6, 6.07) is 9.74. The summed E-state index contributed by atoms with van der Waals surface area (Å²) in [6.45, 7) is 5.35. The van der Waals surface area contributed by atoms with E-state index < -0.39 is 0 Å². The van der Waals surface area contributed by atoms with Crippen LogP contribution in [0, 0.1) is 11.8 Å². The molecule has 0 amide bonds. The lowest BCUT2D eigenvalue weighted by Crippen LogP contribution is -2.24. The first-order valence-electron chi connectivity index (χ1n) is 11.4. The standard InChI is InChI=1S/C25H32N4O2/c1-18(2)7-4-3-5-8-19-11-13-26-24-12-14-29-25(28-24)22(16-27-29)20-9-6-10-21(15-20)31-17-23(19)30/h6,9-10,12,14-16,18-19H,3-5,7-8,11,13,17H2,1-2H3,(H,26,28). The van der Waals surface area contributed by atoms with Gasteiger partial charge in [0.25, 0.3) is 0 Å². The largest absolute Gasteiger partial charge is 0.486 e. The molecule has 0 aliphatic carbocycles. The minimum atomic E-state index is 0.00642. The number of anilines is 1. The van der Waals surface area contributed by atoms with E-state index in [-0.39, 0.29) is 18.3 Å². The van der Waals surface area contributed by atoms with Crippen molar-refractivity contribution in [2.24, 2.45) is 11.8 Å². The summed E-state index contributed by atoms with van der Waals surface area (Å²) in [5, 5.41) is 7.82. The van der Waals surface area contributed by atoms with Gasteiger partial charge in [-0.15, -0.1) is 0 Å². The van der Waals surface area contributed by atoms with Gasteiger partial charge in [-0.3, -0.25) is 4.79 Å². The van der Waals surface area contributed by atoms with E-state index in [0.29, 0.717) is 12.3 Å². The lowest BCUT2D eigenvalue weighted by atomic mass is 9.93. The topological polar surface area (TPSA) is 68.5 Å². The van der Waals surface area contributed by atoms with Gasteiger partial charge in [-0.05, 0) is 42.5 Å². The second-order valence-electron chi connectivity index (χ2n) is 8.87. The summed E-state index contributed by atoms with van der Waals surface area (Å²) in [4.78, 5) is 17.7. The van der Waals surface area contributed by atoms with Crippen LogP contribution in [-0.4, -0.2) is 33.5 Å². The number of ether oxygens (including phenoxy) is 1. The molecule has 164 valence electrons. The van der Waals surface area contributed by atoms with Gasteiger partial charge in [-0.2, -0.15) is 5.10 Å². The first-order chi connectivity index (χ1) is 15.1. The van der Waals surface area contributed by atoms with Gasteiger partial charge in [0, 0.05) is 24.2 Å². The third kappa shape index (κ3) is 5.43. The average Bonchev–Trinajstić information content (AvgIpc) is 3.19. The molecule has 1 atom stereocenters. The number of hydrogen-bond donors (Lipinski definition) is 1. The van der Waals surface area contributed by atoms with E-state index in [1.807, 2.05) is 42.7 Å². The molecule has 0 spiro atoms. The molecule has 1 unspecified atom stereocenters. The van der Waals surface area contributed by atoms with Crippen LogP contribution in [0.2, 0.25) is 0 Å². The minimum Gasteiger partial charge on any atom is -0.486 e. The molecule has 0 radical (unpaired) electrons. The van der Waals surface area contributed by atoms with Crippen LogP contribution in [0.4, 0.5) is 5.82 Å². The number of carbonyl (C=O) groups is 1. The smallest absolute Gasteiger partial charge is 0.173 e. The number of rotatable bonds is 6. The fraction of sp³-hybridized carbons (Fsp3) is 0.480. The third-order valence-electron chi connectivity index (χ3n) is 5.98. The van der Waals surface area contributed by atoms with E-state index in [0.717, 1.165) is 47.8 Å². The quantitative estimate of drug-likeness (QED) is 0.542. The number of nitrogens with zero attached hydrogens (tertiary/aromatic N) is 3. The Labute approximate surface area is 184 Å². The molecule has 2 aromatic heterocycles. The first-order valence-corrected chi connectivity index (χ1v) is 11.4. The van der Waals surface area contributed by atoms with Crippen LogP contribution < -0.4 is 10.1 Å². The maximum absolute atomic E-state index is 13.0.